The third kappa shape index (κ3) is 4.79. The van der Waals surface area contributed by atoms with Gasteiger partial charge in [-0.25, -0.2) is 0 Å². The van der Waals surface area contributed by atoms with E-state index in [9.17, 15) is 5.11 Å². The highest BCUT2D eigenvalue weighted by atomic mass is 16.6. The van der Waals surface area contributed by atoms with Crippen molar-refractivity contribution >= 4 is 5.71 Å². The van der Waals surface area contributed by atoms with Crippen molar-refractivity contribution in [3.63, 3.8) is 0 Å². The van der Waals surface area contributed by atoms with Crippen LogP contribution in [0.3, 0.4) is 0 Å². The number of ether oxygens (including phenoxy) is 1. The number of aliphatic hydroxyl groups is 1. The minimum Gasteiger partial charge on any atom is -0.500 e. The van der Waals surface area contributed by atoms with Crippen molar-refractivity contribution in [3.8, 4) is 0 Å². The van der Waals surface area contributed by atoms with E-state index in [-0.39, 0.29) is 11.5 Å². The number of fused-ring (bicyclic) bond motifs is 5. The molecule has 3 saturated carbocycles. The molecule has 0 spiro atoms. The van der Waals surface area contributed by atoms with Gasteiger partial charge >= 0.3 is 0 Å². The van der Waals surface area contributed by atoms with Gasteiger partial charge in [-0.2, -0.15) is 0 Å². The lowest BCUT2D eigenvalue weighted by molar-refractivity contribution is -0.0722. The Hall–Kier alpha value is -1.33. The Morgan fingerprint density at radius 3 is 2.59 bits per heavy atom. The molecule has 0 saturated heterocycles. The SMILES string of the molecule is C/C=C(/CN)OC.CCCO/N=C1\C=C2CCC3C4CCC(O)[C@@]4(C)CCC3[C@@]2(C)CC1. The molecule has 0 heterocycles. The number of methoxy groups -OCH3 is 1. The number of hydrogen-bond donors (Lipinski definition) is 2. The summed E-state index contributed by atoms with van der Waals surface area (Å²) in [6.07, 6.45) is 14.7. The summed E-state index contributed by atoms with van der Waals surface area (Å²) in [6.45, 7) is 10.1. The van der Waals surface area contributed by atoms with Gasteiger partial charge in [0.1, 0.15) is 12.4 Å². The van der Waals surface area contributed by atoms with E-state index in [0.29, 0.717) is 12.0 Å². The van der Waals surface area contributed by atoms with E-state index in [1.54, 1.807) is 12.7 Å². The highest BCUT2D eigenvalue weighted by Gasteiger charge is 2.58. The zero-order chi connectivity index (χ0) is 23.4. The number of nitrogens with two attached hydrogens (primary N) is 1. The topological polar surface area (TPSA) is 77.1 Å². The second kappa shape index (κ2) is 10.7. The summed E-state index contributed by atoms with van der Waals surface area (Å²) in [5.74, 6) is 3.18. The van der Waals surface area contributed by atoms with E-state index in [1.165, 1.54) is 38.5 Å². The predicted molar refractivity (Wildman–Crippen MR) is 131 cm³/mol. The first-order valence-electron chi connectivity index (χ1n) is 12.8. The quantitative estimate of drug-likeness (QED) is 0.328. The van der Waals surface area contributed by atoms with Crippen LogP contribution in [-0.4, -0.2) is 37.2 Å². The van der Waals surface area contributed by atoms with Gasteiger partial charge in [-0.15, -0.1) is 0 Å². The molecule has 5 heteroatoms. The van der Waals surface area contributed by atoms with E-state index >= 15 is 0 Å². The maximum Gasteiger partial charge on any atom is 0.116 e. The van der Waals surface area contributed by atoms with Gasteiger partial charge in [-0.05, 0) is 105 Å². The van der Waals surface area contributed by atoms with E-state index in [4.69, 9.17) is 15.3 Å². The lowest BCUT2D eigenvalue weighted by atomic mass is 9.47. The molecule has 0 aliphatic heterocycles. The monoisotopic (exact) mass is 446 g/mol. The Labute approximate surface area is 195 Å². The van der Waals surface area contributed by atoms with Gasteiger partial charge in [0.25, 0.3) is 0 Å². The molecule has 4 rings (SSSR count). The highest BCUT2D eigenvalue weighted by Crippen LogP contribution is 2.65. The summed E-state index contributed by atoms with van der Waals surface area (Å²) in [5, 5.41) is 14.9. The van der Waals surface area contributed by atoms with Crippen molar-refractivity contribution in [1.82, 2.24) is 0 Å². The minimum atomic E-state index is -0.0657. The van der Waals surface area contributed by atoms with Crippen LogP contribution < -0.4 is 5.73 Å². The van der Waals surface area contributed by atoms with Crippen molar-refractivity contribution in [2.75, 3.05) is 20.3 Å². The fourth-order valence-electron chi connectivity index (χ4n) is 7.15. The van der Waals surface area contributed by atoms with Crippen LogP contribution in [0, 0.1) is 28.6 Å². The molecular weight excluding hydrogens is 400 g/mol. The van der Waals surface area contributed by atoms with Crippen LogP contribution in [0.15, 0.2) is 28.6 Å². The molecule has 5 nitrogen and oxygen atoms in total. The Balaban J connectivity index is 0.000000360. The number of nitrogens with zero attached hydrogens (tertiary/aromatic N) is 1. The third-order valence-corrected chi connectivity index (χ3v) is 9.19. The molecule has 4 unspecified atom stereocenters. The van der Waals surface area contributed by atoms with E-state index in [1.807, 2.05) is 13.0 Å². The molecule has 0 radical (unpaired) electrons. The largest absolute Gasteiger partial charge is 0.500 e. The Morgan fingerprint density at radius 2 is 1.97 bits per heavy atom. The Morgan fingerprint density at radius 1 is 1.19 bits per heavy atom. The summed E-state index contributed by atoms with van der Waals surface area (Å²) in [5.41, 5.74) is 8.51. The van der Waals surface area contributed by atoms with Gasteiger partial charge in [0.15, 0.2) is 0 Å². The maximum absolute atomic E-state index is 10.6. The van der Waals surface area contributed by atoms with E-state index in [2.05, 4.69) is 32.0 Å². The van der Waals surface area contributed by atoms with Gasteiger partial charge in [-0.1, -0.05) is 31.5 Å². The molecule has 6 atom stereocenters. The second-order valence-corrected chi connectivity index (χ2v) is 10.7. The van der Waals surface area contributed by atoms with Crippen molar-refractivity contribution in [1.29, 1.82) is 0 Å². The molecule has 4 aliphatic rings. The molecule has 0 amide bonds. The van der Waals surface area contributed by atoms with Crippen LogP contribution in [0.1, 0.15) is 85.5 Å². The van der Waals surface area contributed by atoms with Crippen molar-refractivity contribution in [2.24, 2.45) is 39.5 Å². The summed E-state index contributed by atoms with van der Waals surface area (Å²) >= 11 is 0. The normalized spacial score (nSPS) is 39.8. The molecule has 3 fully saturated rings. The average molecular weight is 447 g/mol. The maximum atomic E-state index is 10.6. The summed E-state index contributed by atoms with van der Waals surface area (Å²) < 4.78 is 4.78. The second-order valence-electron chi connectivity index (χ2n) is 10.7. The number of hydrogen-bond acceptors (Lipinski definition) is 5. The highest BCUT2D eigenvalue weighted by molar-refractivity contribution is 5.96. The molecule has 0 aromatic carbocycles. The first-order chi connectivity index (χ1) is 15.3. The van der Waals surface area contributed by atoms with Crippen molar-refractivity contribution < 1.29 is 14.7 Å². The lowest BCUT2D eigenvalue weighted by Gasteiger charge is -2.57. The smallest absolute Gasteiger partial charge is 0.116 e. The molecule has 0 aromatic heterocycles. The third-order valence-electron chi connectivity index (χ3n) is 9.19. The molecule has 0 bridgehead atoms. The fourth-order valence-corrected chi connectivity index (χ4v) is 7.15. The molecule has 3 N–H and O–H groups in total. The van der Waals surface area contributed by atoms with Crippen LogP contribution in [-0.2, 0) is 9.57 Å². The predicted octanol–water partition coefficient (Wildman–Crippen LogP) is 5.59. The van der Waals surface area contributed by atoms with Crippen LogP contribution >= 0.6 is 0 Å². The van der Waals surface area contributed by atoms with Crippen LogP contribution in [0.25, 0.3) is 0 Å². The lowest BCUT2D eigenvalue weighted by Crippen LogP contribution is -2.51. The zero-order valence-electron chi connectivity index (χ0n) is 21.0. The van der Waals surface area contributed by atoms with Crippen molar-refractivity contribution in [2.45, 2.75) is 91.6 Å². The van der Waals surface area contributed by atoms with E-state index < -0.39 is 0 Å². The van der Waals surface area contributed by atoms with Gasteiger partial charge in [-0.3, -0.25) is 0 Å². The molecule has 0 aromatic rings. The van der Waals surface area contributed by atoms with Crippen LogP contribution in [0.4, 0.5) is 0 Å². The Kier molecular flexibility index (Phi) is 8.48. The number of allylic oxidation sites excluding steroid dienone is 3. The average Bonchev–Trinajstić information content (AvgIpc) is 3.10. The molecular formula is C27H46N2O3. The van der Waals surface area contributed by atoms with Gasteiger partial charge in [0.05, 0.1) is 25.5 Å². The van der Waals surface area contributed by atoms with Crippen LogP contribution in [0.2, 0.25) is 0 Å². The summed E-state index contributed by atoms with van der Waals surface area (Å²) in [4.78, 5) is 5.44. The Bertz CT molecular complexity index is 724. The number of oxime groups is 1. The number of rotatable bonds is 5. The first-order valence-corrected chi connectivity index (χ1v) is 12.8. The van der Waals surface area contributed by atoms with Gasteiger partial charge < -0.3 is 20.4 Å². The van der Waals surface area contributed by atoms with Gasteiger partial charge in [0.2, 0.25) is 0 Å². The first kappa shape index (κ1) is 25.3. The molecule has 182 valence electrons. The summed E-state index contributed by atoms with van der Waals surface area (Å²) in [7, 11) is 1.61. The summed E-state index contributed by atoms with van der Waals surface area (Å²) in [6, 6.07) is 0. The number of aliphatic hydroxyl groups excluding tert-OH is 1. The molecule has 4 aliphatic carbocycles. The van der Waals surface area contributed by atoms with Crippen molar-refractivity contribution in [3.05, 3.63) is 23.5 Å². The minimum absolute atomic E-state index is 0.0657. The zero-order valence-corrected chi connectivity index (χ0v) is 21.0. The van der Waals surface area contributed by atoms with E-state index in [0.717, 1.165) is 55.1 Å². The standard InChI is InChI=1S/C22H35NO2.C5H11NO/c1-4-13-25-23-16-9-11-21(2)15(14-16)5-6-17-18-7-8-20(24)22(18,3)12-10-19(17)21;1-3-5(4-6)7-2/h14,17-20,24H,4-13H2,1-3H3;3H,4,6H2,1-2H3/b23-16-;5-3-/t17?,18?,19?,20?,21-,22-;/m0./s1. The fraction of sp³-hybridized carbons (Fsp3) is 0.815. The van der Waals surface area contributed by atoms with Crippen LogP contribution in [0.5, 0.6) is 0 Å². The molecule has 32 heavy (non-hydrogen) atoms. The van der Waals surface area contributed by atoms with Gasteiger partial charge in [0, 0.05) is 0 Å².